The standard InChI is InChI=1S/C17H27N3O2.HI/c1-3-7-19-17(18)20-10-15-5-4-13(2)9-16(15)22-12-14-6-8-21-11-14;/h4-5,9,14H,3,6-8,10-12H2,1-2H3,(H3,18,19,20);1H. The average molecular weight is 433 g/mol. The van der Waals surface area contributed by atoms with Gasteiger partial charge in [0, 0.05) is 24.6 Å². The molecule has 5 nitrogen and oxygen atoms in total. The van der Waals surface area contributed by atoms with Gasteiger partial charge in [-0.3, -0.25) is 0 Å². The minimum Gasteiger partial charge on any atom is -0.493 e. The number of aliphatic imine (C=N–C) groups is 1. The van der Waals surface area contributed by atoms with Crippen molar-refractivity contribution in [2.24, 2.45) is 16.6 Å². The van der Waals surface area contributed by atoms with Crippen LogP contribution in [0.4, 0.5) is 0 Å². The van der Waals surface area contributed by atoms with Gasteiger partial charge in [0.2, 0.25) is 0 Å². The van der Waals surface area contributed by atoms with Crippen molar-refractivity contribution in [3.8, 4) is 5.75 Å². The minimum absolute atomic E-state index is 0. The van der Waals surface area contributed by atoms with Gasteiger partial charge in [-0.25, -0.2) is 4.99 Å². The fourth-order valence-corrected chi connectivity index (χ4v) is 2.33. The molecule has 1 saturated heterocycles. The predicted octanol–water partition coefficient (Wildman–Crippen LogP) is 2.84. The lowest BCUT2D eigenvalue weighted by atomic mass is 10.1. The molecule has 1 fully saturated rings. The third-order valence-corrected chi connectivity index (χ3v) is 3.70. The van der Waals surface area contributed by atoms with Crippen molar-refractivity contribution < 1.29 is 9.47 Å². The fourth-order valence-electron chi connectivity index (χ4n) is 2.33. The molecule has 0 aromatic heterocycles. The lowest BCUT2D eigenvalue weighted by molar-refractivity contribution is 0.166. The van der Waals surface area contributed by atoms with Gasteiger partial charge in [-0.05, 0) is 31.4 Å². The van der Waals surface area contributed by atoms with Gasteiger partial charge < -0.3 is 20.5 Å². The Morgan fingerprint density at radius 2 is 2.30 bits per heavy atom. The zero-order chi connectivity index (χ0) is 15.8. The highest BCUT2D eigenvalue weighted by Crippen LogP contribution is 2.23. The summed E-state index contributed by atoms with van der Waals surface area (Å²) in [5.74, 6) is 1.88. The van der Waals surface area contributed by atoms with Gasteiger partial charge in [-0.15, -0.1) is 24.0 Å². The number of benzene rings is 1. The molecule has 130 valence electrons. The van der Waals surface area contributed by atoms with Gasteiger partial charge in [0.25, 0.3) is 0 Å². The summed E-state index contributed by atoms with van der Waals surface area (Å²) >= 11 is 0. The summed E-state index contributed by atoms with van der Waals surface area (Å²) in [5.41, 5.74) is 8.09. The normalized spacial score (nSPS) is 17.7. The second-order valence-electron chi connectivity index (χ2n) is 5.78. The van der Waals surface area contributed by atoms with Crippen LogP contribution in [-0.2, 0) is 11.3 Å². The maximum absolute atomic E-state index is 6.00. The molecule has 2 rings (SSSR count). The number of nitrogens with zero attached hydrogens (tertiary/aromatic N) is 1. The molecule has 1 aromatic rings. The van der Waals surface area contributed by atoms with Gasteiger partial charge in [0.05, 0.1) is 19.8 Å². The average Bonchev–Trinajstić information content (AvgIpc) is 3.03. The molecule has 1 aliphatic rings. The van der Waals surface area contributed by atoms with Crippen molar-refractivity contribution in [1.29, 1.82) is 0 Å². The number of guanidine groups is 1. The quantitative estimate of drug-likeness (QED) is 0.394. The smallest absolute Gasteiger partial charge is 0.188 e. The Balaban J connectivity index is 0.00000264. The molecule has 1 heterocycles. The Bertz CT molecular complexity index is 503. The van der Waals surface area contributed by atoms with Crippen LogP contribution in [0.3, 0.4) is 0 Å². The molecule has 0 saturated carbocycles. The molecule has 0 bridgehead atoms. The lowest BCUT2D eigenvalue weighted by Gasteiger charge is -2.14. The van der Waals surface area contributed by atoms with E-state index in [4.69, 9.17) is 15.2 Å². The first-order valence-corrected chi connectivity index (χ1v) is 8.03. The number of ether oxygens (including phenoxy) is 2. The molecule has 3 N–H and O–H groups in total. The topological polar surface area (TPSA) is 68.9 Å². The van der Waals surface area contributed by atoms with E-state index in [1.807, 2.05) is 0 Å². The monoisotopic (exact) mass is 433 g/mol. The molecule has 23 heavy (non-hydrogen) atoms. The molecule has 1 atom stereocenters. The van der Waals surface area contributed by atoms with Gasteiger partial charge in [0.15, 0.2) is 5.96 Å². The maximum atomic E-state index is 6.00. The maximum Gasteiger partial charge on any atom is 0.188 e. The van der Waals surface area contributed by atoms with Gasteiger partial charge in [-0.2, -0.15) is 0 Å². The van der Waals surface area contributed by atoms with Crippen molar-refractivity contribution in [1.82, 2.24) is 5.32 Å². The number of hydrogen-bond donors (Lipinski definition) is 2. The zero-order valence-corrected chi connectivity index (χ0v) is 16.3. The molecular formula is C17H28IN3O2. The molecule has 0 amide bonds. The van der Waals surface area contributed by atoms with Crippen molar-refractivity contribution in [2.45, 2.75) is 33.2 Å². The van der Waals surface area contributed by atoms with Crippen LogP contribution in [0.5, 0.6) is 5.75 Å². The minimum atomic E-state index is 0. The van der Waals surface area contributed by atoms with E-state index in [1.165, 1.54) is 5.56 Å². The van der Waals surface area contributed by atoms with Crippen LogP contribution < -0.4 is 15.8 Å². The number of aryl methyl sites for hydroxylation is 1. The number of nitrogens with one attached hydrogen (secondary N) is 1. The Morgan fingerprint density at radius 3 is 3.00 bits per heavy atom. The molecule has 0 radical (unpaired) electrons. The summed E-state index contributed by atoms with van der Waals surface area (Å²) in [4.78, 5) is 4.38. The van der Waals surface area contributed by atoms with E-state index in [1.54, 1.807) is 0 Å². The SMILES string of the molecule is CCCNC(N)=NCc1ccc(C)cc1OCC1CCOC1.I. The second kappa shape index (κ2) is 10.7. The van der Waals surface area contributed by atoms with Gasteiger partial charge in [0.1, 0.15) is 5.75 Å². The van der Waals surface area contributed by atoms with E-state index in [9.17, 15) is 0 Å². The molecular weight excluding hydrogens is 405 g/mol. The molecule has 1 aromatic carbocycles. The van der Waals surface area contributed by atoms with Crippen LogP contribution in [0.25, 0.3) is 0 Å². The highest BCUT2D eigenvalue weighted by molar-refractivity contribution is 14.0. The summed E-state index contributed by atoms with van der Waals surface area (Å²) in [7, 11) is 0. The lowest BCUT2D eigenvalue weighted by Crippen LogP contribution is -2.32. The molecule has 6 heteroatoms. The molecule has 1 aliphatic heterocycles. The molecule has 0 aliphatic carbocycles. The van der Waals surface area contributed by atoms with E-state index >= 15 is 0 Å². The van der Waals surface area contributed by atoms with E-state index in [-0.39, 0.29) is 24.0 Å². The highest BCUT2D eigenvalue weighted by atomic mass is 127. The zero-order valence-electron chi connectivity index (χ0n) is 14.0. The number of halogens is 1. The van der Waals surface area contributed by atoms with Gasteiger partial charge >= 0.3 is 0 Å². The van der Waals surface area contributed by atoms with Crippen molar-refractivity contribution >= 4 is 29.9 Å². The Morgan fingerprint density at radius 1 is 1.48 bits per heavy atom. The second-order valence-corrected chi connectivity index (χ2v) is 5.78. The van der Waals surface area contributed by atoms with Crippen LogP contribution in [0.15, 0.2) is 23.2 Å². The van der Waals surface area contributed by atoms with E-state index < -0.39 is 0 Å². The van der Waals surface area contributed by atoms with E-state index in [0.717, 1.165) is 43.9 Å². The summed E-state index contributed by atoms with van der Waals surface area (Å²) in [6.45, 7) is 7.87. The molecule has 0 spiro atoms. The summed E-state index contributed by atoms with van der Waals surface area (Å²) < 4.78 is 11.4. The van der Waals surface area contributed by atoms with Crippen LogP contribution in [0.2, 0.25) is 0 Å². The Kier molecular flexibility index (Phi) is 9.31. The van der Waals surface area contributed by atoms with E-state index in [2.05, 4.69) is 42.4 Å². The first-order valence-electron chi connectivity index (χ1n) is 8.03. The van der Waals surface area contributed by atoms with Crippen molar-refractivity contribution in [3.05, 3.63) is 29.3 Å². The third kappa shape index (κ3) is 6.95. The summed E-state index contributed by atoms with van der Waals surface area (Å²) in [6, 6.07) is 6.20. The van der Waals surface area contributed by atoms with Crippen LogP contribution in [0.1, 0.15) is 30.9 Å². The van der Waals surface area contributed by atoms with Crippen LogP contribution >= 0.6 is 24.0 Å². The first kappa shape index (κ1) is 20.0. The summed E-state index contributed by atoms with van der Waals surface area (Å²) in [5, 5.41) is 3.08. The van der Waals surface area contributed by atoms with Crippen LogP contribution in [-0.4, -0.2) is 32.3 Å². The predicted molar refractivity (Wildman–Crippen MR) is 105 cm³/mol. The number of nitrogens with two attached hydrogens (primary N) is 1. The highest BCUT2D eigenvalue weighted by Gasteiger charge is 2.17. The first-order chi connectivity index (χ1) is 10.7. The van der Waals surface area contributed by atoms with Crippen molar-refractivity contribution in [2.75, 3.05) is 26.4 Å². The molecule has 1 unspecified atom stereocenters. The third-order valence-electron chi connectivity index (χ3n) is 3.70. The van der Waals surface area contributed by atoms with E-state index in [0.29, 0.717) is 25.0 Å². The fraction of sp³-hybridized carbons (Fsp3) is 0.588. The van der Waals surface area contributed by atoms with Gasteiger partial charge in [-0.1, -0.05) is 19.1 Å². The largest absolute Gasteiger partial charge is 0.493 e. The Labute approximate surface area is 156 Å². The number of hydrogen-bond acceptors (Lipinski definition) is 3. The van der Waals surface area contributed by atoms with Crippen molar-refractivity contribution in [3.63, 3.8) is 0 Å². The van der Waals surface area contributed by atoms with Crippen LogP contribution in [0, 0.1) is 12.8 Å². The Hall–Kier alpha value is -1.02. The summed E-state index contributed by atoms with van der Waals surface area (Å²) in [6.07, 6.45) is 2.10. The number of rotatable bonds is 7.